The molecule has 0 amide bonds. The Kier molecular flexibility index (Phi) is 3.32. The molecule has 3 heteroatoms. The van der Waals surface area contributed by atoms with Crippen molar-refractivity contribution in [2.24, 2.45) is 0 Å². The number of rotatable bonds is 2. The highest BCUT2D eigenvalue weighted by atomic mass is 35.5. The highest BCUT2D eigenvalue weighted by Gasteiger charge is 1.96. The minimum Gasteiger partial charge on any atom is -0.300 e. The van der Waals surface area contributed by atoms with Gasteiger partial charge in [-0.15, -0.1) is 0 Å². The Morgan fingerprint density at radius 2 is 2.17 bits per heavy atom. The molecule has 0 aliphatic heterocycles. The van der Waals surface area contributed by atoms with Crippen molar-refractivity contribution in [2.45, 2.75) is 0 Å². The first-order chi connectivity index (χ1) is 5.74. The van der Waals surface area contributed by atoms with Crippen molar-refractivity contribution in [1.29, 1.82) is 5.41 Å². The Morgan fingerprint density at radius 1 is 1.42 bits per heavy atom. The molecule has 12 heavy (non-hydrogen) atoms. The van der Waals surface area contributed by atoms with E-state index in [4.69, 9.17) is 28.6 Å². The topological polar surface area (TPSA) is 23.9 Å². The fourth-order valence-corrected chi connectivity index (χ4v) is 1.13. The SMILES string of the molecule is N=C(/C=C\Cl)c1cccc(Cl)c1. The molecule has 0 spiro atoms. The van der Waals surface area contributed by atoms with Crippen LogP contribution in [0.1, 0.15) is 5.56 Å². The first kappa shape index (κ1) is 9.30. The molecule has 1 N–H and O–H groups in total. The number of hydrogen-bond donors (Lipinski definition) is 1. The second-order valence-corrected chi connectivity index (χ2v) is 2.91. The third-order valence-corrected chi connectivity index (χ3v) is 1.73. The summed E-state index contributed by atoms with van der Waals surface area (Å²) in [5.41, 5.74) is 2.43. The number of halogens is 2. The van der Waals surface area contributed by atoms with Crippen LogP contribution in [0.5, 0.6) is 0 Å². The Morgan fingerprint density at radius 3 is 2.75 bits per heavy atom. The average molecular weight is 200 g/mol. The van der Waals surface area contributed by atoms with Gasteiger partial charge < -0.3 is 5.41 Å². The summed E-state index contributed by atoms with van der Waals surface area (Å²) in [5.74, 6) is 0. The Balaban J connectivity index is 2.96. The summed E-state index contributed by atoms with van der Waals surface area (Å²) in [6, 6.07) is 7.10. The van der Waals surface area contributed by atoms with E-state index in [1.165, 1.54) is 11.6 Å². The second-order valence-electron chi connectivity index (χ2n) is 2.22. The maximum atomic E-state index is 7.50. The Hall–Kier alpha value is -0.790. The molecule has 1 aromatic carbocycles. The van der Waals surface area contributed by atoms with Gasteiger partial charge in [0.25, 0.3) is 0 Å². The van der Waals surface area contributed by atoms with Crippen LogP contribution in [0.4, 0.5) is 0 Å². The predicted octanol–water partition coefficient (Wildman–Crippen LogP) is 3.46. The lowest BCUT2D eigenvalue weighted by molar-refractivity contribution is 1.49. The van der Waals surface area contributed by atoms with Gasteiger partial charge in [-0.3, -0.25) is 0 Å². The summed E-state index contributed by atoms with van der Waals surface area (Å²) < 4.78 is 0. The summed E-state index contributed by atoms with van der Waals surface area (Å²) >= 11 is 11.1. The fraction of sp³-hybridized carbons (Fsp3) is 0. The van der Waals surface area contributed by atoms with Crippen LogP contribution in [-0.4, -0.2) is 5.71 Å². The van der Waals surface area contributed by atoms with Crippen LogP contribution in [0.2, 0.25) is 5.02 Å². The van der Waals surface area contributed by atoms with Gasteiger partial charge in [0.2, 0.25) is 0 Å². The van der Waals surface area contributed by atoms with Gasteiger partial charge >= 0.3 is 0 Å². The van der Waals surface area contributed by atoms with Crippen LogP contribution in [0, 0.1) is 5.41 Å². The number of hydrogen-bond acceptors (Lipinski definition) is 1. The zero-order valence-corrected chi connectivity index (χ0v) is 7.73. The van der Waals surface area contributed by atoms with Gasteiger partial charge in [0.1, 0.15) is 0 Å². The van der Waals surface area contributed by atoms with Gasteiger partial charge in [0.05, 0.1) is 5.71 Å². The van der Waals surface area contributed by atoms with Crippen molar-refractivity contribution in [3.05, 3.63) is 46.5 Å². The largest absolute Gasteiger partial charge is 0.300 e. The second kappa shape index (κ2) is 4.29. The monoisotopic (exact) mass is 199 g/mol. The minimum atomic E-state index is 0.354. The molecule has 0 saturated heterocycles. The first-order valence-electron chi connectivity index (χ1n) is 3.35. The standard InChI is InChI=1S/C9H7Cl2N/c10-5-4-9(12)7-2-1-3-8(11)6-7/h1-6,12H/b5-4-,12-9?. The molecule has 0 bridgehead atoms. The fourth-order valence-electron chi connectivity index (χ4n) is 0.815. The zero-order valence-electron chi connectivity index (χ0n) is 6.22. The smallest absolute Gasteiger partial charge is 0.0621 e. The average Bonchev–Trinajstić information content (AvgIpc) is 2.05. The number of nitrogens with one attached hydrogen (secondary N) is 1. The first-order valence-corrected chi connectivity index (χ1v) is 4.16. The van der Waals surface area contributed by atoms with Crippen molar-refractivity contribution in [1.82, 2.24) is 0 Å². The molecule has 0 aliphatic carbocycles. The number of benzene rings is 1. The van der Waals surface area contributed by atoms with Gasteiger partial charge in [-0.1, -0.05) is 35.3 Å². The molecule has 0 heterocycles. The lowest BCUT2D eigenvalue weighted by Crippen LogP contribution is -1.92. The van der Waals surface area contributed by atoms with E-state index in [2.05, 4.69) is 0 Å². The third-order valence-electron chi connectivity index (χ3n) is 1.37. The van der Waals surface area contributed by atoms with E-state index < -0.39 is 0 Å². The Labute approximate surface area is 81.1 Å². The van der Waals surface area contributed by atoms with Crippen LogP contribution in [0.3, 0.4) is 0 Å². The van der Waals surface area contributed by atoms with E-state index in [-0.39, 0.29) is 0 Å². The molecule has 0 fully saturated rings. The molecular weight excluding hydrogens is 193 g/mol. The summed E-state index contributed by atoms with van der Waals surface area (Å²) in [6.45, 7) is 0. The molecule has 0 aliphatic rings. The molecule has 1 nitrogen and oxygen atoms in total. The van der Waals surface area contributed by atoms with Crippen molar-refractivity contribution < 1.29 is 0 Å². The van der Waals surface area contributed by atoms with Crippen LogP contribution in [0.15, 0.2) is 35.9 Å². The van der Waals surface area contributed by atoms with Crippen LogP contribution in [-0.2, 0) is 0 Å². The maximum Gasteiger partial charge on any atom is 0.0621 e. The van der Waals surface area contributed by atoms with Crippen molar-refractivity contribution in [3.63, 3.8) is 0 Å². The molecule has 0 atom stereocenters. The maximum absolute atomic E-state index is 7.50. The molecule has 0 radical (unpaired) electrons. The van der Waals surface area contributed by atoms with Gasteiger partial charge in [-0.2, -0.15) is 0 Å². The van der Waals surface area contributed by atoms with Crippen LogP contribution >= 0.6 is 23.2 Å². The summed E-state index contributed by atoms with van der Waals surface area (Å²) in [6.07, 6.45) is 1.51. The molecule has 0 saturated carbocycles. The molecular formula is C9H7Cl2N. The van der Waals surface area contributed by atoms with E-state index in [1.54, 1.807) is 18.2 Å². The van der Waals surface area contributed by atoms with Crippen molar-refractivity contribution in [2.75, 3.05) is 0 Å². The van der Waals surface area contributed by atoms with E-state index in [9.17, 15) is 0 Å². The summed E-state index contributed by atoms with van der Waals surface area (Å²) in [7, 11) is 0. The highest BCUT2D eigenvalue weighted by molar-refractivity contribution is 6.31. The van der Waals surface area contributed by atoms with E-state index in [1.807, 2.05) is 6.07 Å². The molecule has 0 aromatic heterocycles. The Bertz CT molecular complexity index is 318. The van der Waals surface area contributed by atoms with Crippen molar-refractivity contribution in [3.8, 4) is 0 Å². The molecule has 62 valence electrons. The van der Waals surface area contributed by atoms with E-state index in [0.29, 0.717) is 10.7 Å². The number of allylic oxidation sites excluding steroid dienone is 1. The molecule has 0 unspecified atom stereocenters. The van der Waals surface area contributed by atoms with Crippen LogP contribution < -0.4 is 0 Å². The van der Waals surface area contributed by atoms with E-state index in [0.717, 1.165) is 5.56 Å². The van der Waals surface area contributed by atoms with Gasteiger partial charge in [-0.05, 0) is 18.2 Å². The van der Waals surface area contributed by atoms with Crippen molar-refractivity contribution >= 4 is 28.9 Å². The van der Waals surface area contributed by atoms with Gasteiger partial charge in [-0.25, -0.2) is 0 Å². The highest BCUT2D eigenvalue weighted by Crippen LogP contribution is 2.11. The summed E-state index contributed by atoms with van der Waals surface area (Å²) in [4.78, 5) is 0. The quantitative estimate of drug-likeness (QED) is 0.707. The zero-order chi connectivity index (χ0) is 8.97. The molecule has 1 aromatic rings. The van der Waals surface area contributed by atoms with Gasteiger partial charge in [0, 0.05) is 16.1 Å². The third kappa shape index (κ3) is 2.36. The predicted molar refractivity (Wildman–Crippen MR) is 53.3 cm³/mol. The lowest BCUT2D eigenvalue weighted by Gasteiger charge is -1.97. The summed E-state index contributed by atoms with van der Waals surface area (Å²) in [5, 5.41) is 8.12. The molecule has 1 rings (SSSR count). The minimum absolute atomic E-state index is 0.354. The van der Waals surface area contributed by atoms with Gasteiger partial charge in [0.15, 0.2) is 0 Å². The lowest BCUT2D eigenvalue weighted by atomic mass is 10.1. The van der Waals surface area contributed by atoms with Crippen LogP contribution in [0.25, 0.3) is 0 Å². The van der Waals surface area contributed by atoms with E-state index >= 15 is 0 Å². The normalized spacial score (nSPS) is 10.5.